The molecule has 0 aliphatic carbocycles. The number of rotatable bonds is 7. The van der Waals surface area contributed by atoms with Crippen molar-refractivity contribution in [1.82, 2.24) is 0 Å². The minimum atomic E-state index is -0.970. The van der Waals surface area contributed by atoms with Crippen molar-refractivity contribution in [3.63, 3.8) is 0 Å². The molecule has 1 unspecified atom stereocenters. The Morgan fingerprint density at radius 2 is 1.58 bits per heavy atom. The Bertz CT molecular complexity index is 800. The Hall–Kier alpha value is -2.73. The Morgan fingerprint density at radius 1 is 0.923 bits per heavy atom. The van der Waals surface area contributed by atoms with Gasteiger partial charge in [-0.25, -0.2) is 4.79 Å². The van der Waals surface area contributed by atoms with Crippen molar-refractivity contribution < 1.29 is 28.5 Å². The van der Waals surface area contributed by atoms with Crippen molar-refractivity contribution in [1.29, 1.82) is 0 Å². The Balaban J connectivity index is 2.15. The molecular weight excluding hydrogens is 360 g/mol. The summed E-state index contributed by atoms with van der Waals surface area (Å²) in [4.78, 5) is 24.8. The van der Waals surface area contributed by atoms with Crippen LogP contribution in [0.3, 0.4) is 0 Å². The molecular formula is C19H19ClO6. The summed E-state index contributed by atoms with van der Waals surface area (Å²) in [7, 11) is 4.41. The number of carbonyl (C=O) groups excluding carboxylic acids is 2. The molecule has 6 nitrogen and oxygen atoms in total. The first-order valence-electron chi connectivity index (χ1n) is 7.72. The molecule has 0 amide bonds. The number of halogens is 1. The van der Waals surface area contributed by atoms with E-state index in [1.165, 1.54) is 40.4 Å². The molecule has 0 heterocycles. The lowest BCUT2D eigenvalue weighted by Gasteiger charge is -2.14. The molecule has 26 heavy (non-hydrogen) atoms. The van der Waals surface area contributed by atoms with Crippen molar-refractivity contribution in [2.45, 2.75) is 13.0 Å². The van der Waals surface area contributed by atoms with Crippen LogP contribution in [0, 0.1) is 0 Å². The minimum absolute atomic E-state index is 0.155. The second-order valence-corrected chi connectivity index (χ2v) is 5.74. The van der Waals surface area contributed by atoms with Crippen LogP contribution in [0.2, 0.25) is 5.02 Å². The van der Waals surface area contributed by atoms with E-state index in [2.05, 4.69) is 0 Å². The molecule has 0 saturated heterocycles. The van der Waals surface area contributed by atoms with Gasteiger partial charge in [0.15, 0.2) is 17.6 Å². The second kappa shape index (κ2) is 8.58. The predicted octanol–water partition coefficient (Wildman–Crippen LogP) is 3.79. The van der Waals surface area contributed by atoms with Crippen LogP contribution in [0.1, 0.15) is 27.6 Å². The van der Waals surface area contributed by atoms with Crippen LogP contribution in [-0.4, -0.2) is 39.2 Å². The van der Waals surface area contributed by atoms with Gasteiger partial charge in [-0.2, -0.15) is 0 Å². The van der Waals surface area contributed by atoms with Crippen LogP contribution in [-0.2, 0) is 4.74 Å². The summed E-state index contributed by atoms with van der Waals surface area (Å²) < 4.78 is 20.6. The molecule has 2 aromatic carbocycles. The van der Waals surface area contributed by atoms with E-state index in [0.717, 1.165) is 0 Å². The fourth-order valence-corrected chi connectivity index (χ4v) is 2.60. The molecule has 2 rings (SSSR count). The summed E-state index contributed by atoms with van der Waals surface area (Å²) in [5, 5.41) is 0.202. The largest absolute Gasteiger partial charge is 0.497 e. The van der Waals surface area contributed by atoms with E-state index in [-0.39, 0.29) is 16.4 Å². The van der Waals surface area contributed by atoms with Gasteiger partial charge in [0.2, 0.25) is 5.78 Å². The van der Waals surface area contributed by atoms with E-state index in [0.29, 0.717) is 22.8 Å². The SMILES string of the molecule is COc1ccc(C(=O)C(C)OC(=O)c2cc(Cl)c(OC)c(OC)c2)cc1. The van der Waals surface area contributed by atoms with Gasteiger partial charge >= 0.3 is 5.97 Å². The summed E-state index contributed by atoms with van der Waals surface area (Å²) in [6.07, 6.45) is -0.970. The zero-order valence-corrected chi connectivity index (χ0v) is 15.6. The van der Waals surface area contributed by atoms with Gasteiger partial charge in [0.05, 0.1) is 31.9 Å². The fraction of sp³-hybridized carbons (Fsp3) is 0.263. The molecule has 0 radical (unpaired) electrons. The van der Waals surface area contributed by atoms with Gasteiger partial charge in [0.1, 0.15) is 5.75 Å². The minimum Gasteiger partial charge on any atom is -0.497 e. The average molecular weight is 379 g/mol. The summed E-state index contributed by atoms with van der Waals surface area (Å²) in [5.74, 6) is 0.218. The van der Waals surface area contributed by atoms with Gasteiger partial charge in [-0.3, -0.25) is 4.79 Å². The highest BCUT2D eigenvalue weighted by Crippen LogP contribution is 2.36. The molecule has 0 spiro atoms. The first-order valence-corrected chi connectivity index (χ1v) is 8.09. The molecule has 2 aromatic rings. The number of esters is 1. The van der Waals surface area contributed by atoms with Gasteiger partial charge in [0.25, 0.3) is 0 Å². The van der Waals surface area contributed by atoms with Gasteiger partial charge in [-0.1, -0.05) is 11.6 Å². The highest BCUT2D eigenvalue weighted by molar-refractivity contribution is 6.32. The van der Waals surface area contributed by atoms with E-state index in [4.69, 9.17) is 30.5 Å². The predicted molar refractivity (Wildman–Crippen MR) is 96.8 cm³/mol. The van der Waals surface area contributed by atoms with Crippen LogP contribution in [0.25, 0.3) is 0 Å². The molecule has 138 valence electrons. The average Bonchev–Trinajstić information content (AvgIpc) is 2.66. The zero-order valence-electron chi connectivity index (χ0n) is 14.9. The fourth-order valence-electron chi connectivity index (χ4n) is 2.31. The Morgan fingerprint density at radius 3 is 2.12 bits per heavy atom. The lowest BCUT2D eigenvalue weighted by molar-refractivity contribution is 0.0318. The number of hydrogen-bond donors (Lipinski definition) is 0. The highest BCUT2D eigenvalue weighted by Gasteiger charge is 2.22. The van der Waals surface area contributed by atoms with Crippen LogP contribution in [0.15, 0.2) is 36.4 Å². The van der Waals surface area contributed by atoms with Gasteiger partial charge in [0, 0.05) is 5.56 Å². The smallest absolute Gasteiger partial charge is 0.339 e. The second-order valence-electron chi connectivity index (χ2n) is 5.33. The number of Topliss-reactive ketones (excluding diaryl/α,β-unsaturated/α-hetero) is 1. The van der Waals surface area contributed by atoms with Crippen LogP contribution >= 0.6 is 11.6 Å². The number of ether oxygens (including phenoxy) is 4. The quantitative estimate of drug-likeness (QED) is 0.539. The summed E-state index contributed by atoms with van der Waals surface area (Å²) in [6.45, 7) is 1.51. The van der Waals surface area contributed by atoms with Gasteiger partial charge in [-0.15, -0.1) is 0 Å². The third kappa shape index (κ3) is 4.26. The molecule has 0 aliphatic rings. The Labute approximate surface area is 156 Å². The third-order valence-electron chi connectivity index (χ3n) is 3.70. The van der Waals surface area contributed by atoms with E-state index >= 15 is 0 Å². The number of hydrogen-bond acceptors (Lipinski definition) is 6. The van der Waals surface area contributed by atoms with Crippen molar-refractivity contribution in [2.24, 2.45) is 0 Å². The summed E-state index contributed by atoms with van der Waals surface area (Å²) >= 11 is 6.09. The maximum Gasteiger partial charge on any atom is 0.339 e. The van der Waals surface area contributed by atoms with Crippen molar-refractivity contribution in [2.75, 3.05) is 21.3 Å². The van der Waals surface area contributed by atoms with E-state index in [9.17, 15) is 9.59 Å². The van der Waals surface area contributed by atoms with Crippen molar-refractivity contribution >= 4 is 23.4 Å². The topological polar surface area (TPSA) is 71.1 Å². The van der Waals surface area contributed by atoms with E-state index in [1.54, 1.807) is 24.3 Å². The van der Waals surface area contributed by atoms with Crippen molar-refractivity contribution in [3.05, 3.63) is 52.5 Å². The van der Waals surface area contributed by atoms with Crippen molar-refractivity contribution in [3.8, 4) is 17.2 Å². The molecule has 0 aliphatic heterocycles. The molecule has 0 saturated carbocycles. The third-order valence-corrected chi connectivity index (χ3v) is 3.98. The number of ketones is 1. The van der Waals surface area contributed by atoms with Gasteiger partial charge in [-0.05, 0) is 43.3 Å². The lowest BCUT2D eigenvalue weighted by Crippen LogP contribution is -2.24. The first kappa shape index (κ1) is 19.6. The highest BCUT2D eigenvalue weighted by atomic mass is 35.5. The maximum absolute atomic E-state index is 12.4. The molecule has 0 N–H and O–H groups in total. The van der Waals surface area contributed by atoms with Crippen LogP contribution in [0.4, 0.5) is 0 Å². The monoisotopic (exact) mass is 378 g/mol. The maximum atomic E-state index is 12.4. The first-order chi connectivity index (χ1) is 12.4. The number of benzene rings is 2. The van der Waals surface area contributed by atoms with Crippen LogP contribution in [0.5, 0.6) is 17.2 Å². The molecule has 0 bridgehead atoms. The van der Waals surface area contributed by atoms with E-state index in [1.807, 2.05) is 0 Å². The molecule has 0 fully saturated rings. The molecule has 0 aromatic heterocycles. The zero-order chi connectivity index (χ0) is 19.3. The van der Waals surface area contributed by atoms with E-state index < -0.39 is 12.1 Å². The standard InChI is InChI=1S/C19H19ClO6/c1-11(17(21)12-5-7-14(23-2)8-6-12)26-19(22)13-9-15(20)18(25-4)16(10-13)24-3/h5-11H,1-4H3. The number of carbonyl (C=O) groups is 2. The Kier molecular flexibility index (Phi) is 6.46. The normalized spacial score (nSPS) is 11.4. The summed E-state index contributed by atoms with van der Waals surface area (Å²) in [5.41, 5.74) is 0.568. The molecule has 1 atom stereocenters. The molecule has 7 heteroatoms. The van der Waals surface area contributed by atoms with Gasteiger partial charge < -0.3 is 18.9 Å². The number of methoxy groups -OCH3 is 3. The summed E-state index contributed by atoms with van der Waals surface area (Å²) in [6, 6.07) is 9.39. The van der Waals surface area contributed by atoms with Crippen LogP contribution < -0.4 is 14.2 Å². The lowest BCUT2D eigenvalue weighted by atomic mass is 10.1.